The highest BCUT2D eigenvalue weighted by Gasteiger charge is 2.16. The molecule has 0 aromatic rings. The topological polar surface area (TPSA) is 156 Å². The van der Waals surface area contributed by atoms with Crippen LogP contribution in [0.5, 0.6) is 0 Å². The summed E-state index contributed by atoms with van der Waals surface area (Å²) >= 11 is 0. The molecule has 0 aromatic carbocycles. The zero-order valence-electron chi connectivity index (χ0n) is 10.5. The molecule has 0 radical (unpaired) electrons. The van der Waals surface area contributed by atoms with Gasteiger partial charge in [-0.1, -0.05) is 0 Å². The highest BCUT2D eigenvalue weighted by Crippen LogP contribution is 1.95. The normalized spacial score (nSPS) is 11.8. The molecule has 0 unspecified atom stereocenters. The molecule has 0 saturated heterocycles. The lowest BCUT2D eigenvalue weighted by Gasteiger charge is -2.07. The summed E-state index contributed by atoms with van der Waals surface area (Å²) in [4.78, 5) is 20.9. The van der Waals surface area contributed by atoms with Crippen LogP contribution in [0.3, 0.4) is 0 Å². The molecule has 0 saturated carbocycles. The summed E-state index contributed by atoms with van der Waals surface area (Å²) in [6.07, 6.45) is -1.10. The van der Waals surface area contributed by atoms with Gasteiger partial charge in [-0.2, -0.15) is 0 Å². The summed E-state index contributed by atoms with van der Waals surface area (Å²) in [6, 6.07) is 0. The van der Waals surface area contributed by atoms with Crippen molar-refractivity contribution in [3.63, 3.8) is 0 Å². The molecule has 0 fully saturated rings. The molecule has 0 aromatic heterocycles. The number of hydrogen-bond acceptors (Lipinski definition) is 9. The molecular formula is C8H14NO9S2-. The van der Waals surface area contributed by atoms with Crippen LogP contribution in [0.4, 0.5) is 4.79 Å². The van der Waals surface area contributed by atoms with Crippen LogP contribution >= 0.6 is 0 Å². The smallest absolute Gasteiger partial charge is 0.508 e. The van der Waals surface area contributed by atoms with Crippen molar-refractivity contribution in [2.24, 2.45) is 0 Å². The summed E-state index contributed by atoms with van der Waals surface area (Å²) in [5, 5.41) is 10.00. The molecule has 0 atom stereocenters. The van der Waals surface area contributed by atoms with Crippen molar-refractivity contribution in [3.8, 4) is 0 Å². The Bertz CT molecular complexity index is 536. The van der Waals surface area contributed by atoms with E-state index in [9.17, 15) is 31.5 Å². The maximum Gasteiger partial charge on any atom is 0.508 e. The predicted molar refractivity (Wildman–Crippen MR) is 63.3 cm³/mol. The number of carboxylic acid groups (broad SMARTS) is 1. The van der Waals surface area contributed by atoms with E-state index in [-0.39, 0.29) is 13.0 Å². The van der Waals surface area contributed by atoms with E-state index in [1.807, 2.05) is 0 Å². The van der Waals surface area contributed by atoms with Gasteiger partial charge in [0.2, 0.25) is 20.0 Å². The molecular weight excluding hydrogens is 318 g/mol. The fraction of sp³-hybridized carbons (Fsp3) is 0.750. The highest BCUT2D eigenvalue weighted by atomic mass is 32.3. The number of carboxylic acids is 1. The van der Waals surface area contributed by atoms with E-state index >= 15 is 0 Å². The number of carbonyl (C=O) groups excluding carboxylic acids is 2. The summed E-state index contributed by atoms with van der Waals surface area (Å²) in [6.45, 7) is -0.746. The van der Waals surface area contributed by atoms with E-state index in [0.29, 0.717) is 6.26 Å². The zero-order chi connectivity index (χ0) is 15.8. The lowest BCUT2D eigenvalue weighted by molar-refractivity contribution is -0.306. The van der Waals surface area contributed by atoms with Crippen molar-refractivity contribution in [3.05, 3.63) is 0 Å². The molecule has 0 amide bonds. The van der Waals surface area contributed by atoms with Gasteiger partial charge in [0.15, 0.2) is 0 Å². The third-order valence-corrected chi connectivity index (χ3v) is 4.63. The zero-order valence-corrected chi connectivity index (χ0v) is 12.2. The van der Waals surface area contributed by atoms with E-state index in [4.69, 9.17) is 0 Å². The van der Waals surface area contributed by atoms with Gasteiger partial charge in [0.25, 0.3) is 0 Å². The second-order valence-electron chi connectivity index (χ2n) is 3.60. The molecule has 0 rings (SSSR count). The molecule has 10 nitrogen and oxygen atoms in total. The molecule has 118 valence electrons. The first-order valence-electron chi connectivity index (χ1n) is 5.22. The Hall–Kier alpha value is -1.40. The van der Waals surface area contributed by atoms with Crippen LogP contribution < -0.4 is 9.23 Å². The Morgan fingerprint density at radius 3 is 2.15 bits per heavy atom. The molecule has 12 heteroatoms. The molecule has 0 aliphatic heterocycles. The standard InChI is InChI=1S/C8H15NO9S2/c1-19(13,14)9-20(15,16)6-2-4-17-8(12)18-5-3-7(10)11/h9H,2-6H2,1H3,(H,10,11)/p-1. The lowest BCUT2D eigenvalue weighted by Crippen LogP contribution is -2.32. The summed E-state index contributed by atoms with van der Waals surface area (Å²) < 4.78 is 54.0. The molecule has 1 N–H and O–H groups in total. The minimum Gasteiger partial charge on any atom is -0.550 e. The average Bonchev–Trinajstić information content (AvgIpc) is 2.20. The van der Waals surface area contributed by atoms with Crippen molar-refractivity contribution < 1.29 is 41.0 Å². The SMILES string of the molecule is CS(=O)(=O)NS(=O)(=O)CCCOC(=O)OCCC(=O)[O-]. The molecule has 0 bridgehead atoms. The minimum atomic E-state index is -4.02. The fourth-order valence-electron chi connectivity index (χ4n) is 0.936. The van der Waals surface area contributed by atoms with Crippen LogP contribution in [0, 0.1) is 0 Å². The van der Waals surface area contributed by atoms with Crippen LogP contribution in [0.2, 0.25) is 0 Å². The molecule has 0 heterocycles. The van der Waals surface area contributed by atoms with Crippen molar-refractivity contribution in [1.29, 1.82) is 0 Å². The van der Waals surface area contributed by atoms with Crippen LogP contribution in [-0.2, 0) is 34.3 Å². The average molecular weight is 332 g/mol. The van der Waals surface area contributed by atoms with Crippen molar-refractivity contribution in [2.75, 3.05) is 25.2 Å². The number of carbonyl (C=O) groups is 2. The molecule has 0 aliphatic carbocycles. The summed E-state index contributed by atoms with van der Waals surface area (Å²) in [7, 11) is -7.91. The Balaban J connectivity index is 3.86. The van der Waals surface area contributed by atoms with Gasteiger partial charge in [0.05, 0.1) is 18.6 Å². The Morgan fingerprint density at radius 2 is 1.65 bits per heavy atom. The predicted octanol–water partition coefficient (Wildman–Crippen LogP) is -2.45. The van der Waals surface area contributed by atoms with Gasteiger partial charge in [-0.05, 0) is 6.42 Å². The fourth-order valence-corrected chi connectivity index (χ4v) is 3.61. The Kier molecular flexibility index (Phi) is 7.45. The number of rotatable bonds is 9. The number of hydrogen-bond donors (Lipinski definition) is 1. The van der Waals surface area contributed by atoms with E-state index in [1.165, 1.54) is 4.13 Å². The van der Waals surface area contributed by atoms with Gasteiger partial charge < -0.3 is 19.4 Å². The lowest BCUT2D eigenvalue weighted by atomic mass is 10.5. The largest absolute Gasteiger partial charge is 0.550 e. The van der Waals surface area contributed by atoms with E-state index in [0.717, 1.165) is 0 Å². The molecule has 0 spiro atoms. The molecule has 0 aliphatic rings. The van der Waals surface area contributed by atoms with E-state index < -0.39 is 51.0 Å². The number of aliphatic carboxylic acids is 1. The first kappa shape index (κ1) is 18.6. The number of ether oxygens (including phenoxy) is 2. The number of sulfonamides is 2. The quantitative estimate of drug-likeness (QED) is 0.357. The maximum atomic E-state index is 11.2. The van der Waals surface area contributed by atoms with Gasteiger partial charge in [-0.25, -0.2) is 21.6 Å². The van der Waals surface area contributed by atoms with Crippen LogP contribution in [-0.4, -0.2) is 54.2 Å². The molecule has 20 heavy (non-hydrogen) atoms. The second-order valence-corrected chi connectivity index (χ2v) is 7.45. The first-order chi connectivity index (χ1) is 9.02. The Labute approximate surface area is 116 Å². The third kappa shape index (κ3) is 11.7. The summed E-state index contributed by atoms with van der Waals surface area (Å²) in [5.41, 5.74) is 0. The first-order valence-corrected chi connectivity index (χ1v) is 8.77. The van der Waals surface area contributed by atoms with Gasteiger partial charge in [-0.3, -0.25) is 0 Å². The van der Waals surface area contributed by atoms with Gasteiger partial charge in [-0.15, -0.1) is 4.13 Å². The van der Waals surface area contributed by atoms with Crippen molar-refractivity contribution in [2.45, 2.75) is 12.8 Å². The van der Waals surface area contributed by atoms with Crippen molar-refractivity contribution in [1.82, 2.24) is 4.13 Å². The van der Waals surface area contributed by atoms with Crippen LogP contribution in [0.25, 0.3) is 0 Å². The van der Waals surface area contributed by atoms with E-state index in [1.54, 1.807) is 0 Å². The second kappa shape index (κ2) is 8.01. The maximum absolute atomic E-state index is 11.2. The Morgan fingerprint density at radius 1 is 1.10 bits per heavy atom. The highest BCUT2D eigenvalue weighted by molar-refractivity contribution is 8.04. The monoisotopic (exact) mass is 332 g/mol. The van der Waals surface area contributed by atoms with Crippen molar-refractivity contribution >= 4 is 32.2 Å². The van der Waals surface area contributed by atoms with Gasteiger partial charge in [0, 0.05) is 12.4 Å². The van der Waals surface area contributed by atoms with Gasteiger partial charge in [0.1, 0.15) is 6.61 Å². The number of nitrogens with one attached hydrogen (secondary N) is 1. The van der Waals surface area contributed by atoms with Gasteiger partial charge >= 0.3 is 6.16 Å². The van der Waals surface area contributed by atoms with Crippen LogP contribution in [0.1, 0.15) is 12.8 Å². The third-order valence-electron chi connectivity index (χ3n) is 1.58. The minimum absolute atomic E-state index is 0.152. The summed E-state index contributed by atoms with van der Waals surface area (Å²) in [5.74, 6) is -1.96. The van der Waals surface area contributed by atoms with E-state index in [2.05, 4.69) is 9.47 Å². The van der Waals surface area contributed by atoms with Crippen LogP contribution in [0.15, 0.2) is 0 Å².